The lowest BCUT2D eigenvalue weighted by molar-refractivity contribution is 0.645. The van der Waals surface area contributed by atoms with Gasteiger partial charge in [0.1, 0.15) is 0 Å². The maximum Gasteiger partial charge on any atom is 0.0701 e. The molecule has 198 valence electrons. The molecule has 9 rings (SSSR count). The lowest BCUT2D eigenvalue weighted by Gasteiger charge is -2.35. The first-order chi connectivity index (χ1) is 20.6. The van der Waals surface area contributed by atoms with Crippen LogP contribution in [0.2, 0.25) is 0 Å². The van der Waals surface area contributed by atoms with E-state index < -0.39 is 0 Å². The smallest absolute Gasteiger partial charge is 0.0701 e. The summed E-state index contributed by atoms with van der Waals surface area (Å²) in [4.78, 5) is 4.59. The fourth-order valence-electron chi connectivity index (χ4n) is 7.46. The molecule has 1 aliphatic carbocycles. The molecule has 2 nitrogen and oxygen atoms in total. The molecule has 0 radical (unpaired) electrons. The lowest BCUT2D eigenvalue weighted by Crippen LogP contribution is -2.23. The van der Waals surface area contributed by atoms with Crippen molar-refractivity contribution in [3.8, 4) is 28.1 Å². The third-order valence-corrected chi connectivity index (χ3v) is 9.41. The summed E-state index contributed by atoms with van der Waals surface area (Å²) in [6.45, 7) is 4.74. The molecule has 1 aliphatic rings. The van der Waals surface area contributed by atoms with E-state index in [1.807, 2.05) is 18.3 Å². The lowest BCUT2D eigenvalue weighted by atomic mass is 9.68. The third kappa shape index (κ3) is 3.07. The highest BCUT2D eigenvalue weighted by Gasteiger charge is 2.35. The summed E-state index contributed by atoms with van der Waals surface area (Å²) in [5.41, 5.74) is 11.1. The maximum atomic E-state index is 4.59. The minimum Gasteiger partial charge on any atom is -0.308 e. The average molecular weight is 537 g/mol. The monoisotopic (exact) mass is 536 g/mol. The van der Waals surface area contributed by atoms with Gasteiger partial charge in [0.15, 0.2) is 0 Å². The number of hydrogen-bond acceptors (Lipinski definition) is 1. The fraction of sp³-hybridized carbons (Fsp3) is 0.0750. The highest BCUT2D eigenvalue weighted by molar-refractivity contribution is 6.26. The highest BCUT2D eigenvalue weighted by Crippen LogP contribution is 2.53. The Bertz CT molecular complexity index is 2360. The van der Waals surface area contributed by atoms with Gasteiger partial charge in [0.05, 0.1) is 16.7 Å². The molecule has 0 spiro atoms. The van der Waals surface area contributed by atoms with Gasteiger partial charge >= 0.3 is 0 Å². The Morgan fingerprint density at radius 2 is 1.33 bits per heavy atom. The molecule has 0 saturated heterocycles. The Balaban J connectivity index is 1.50. The van der Waals surface area contributed by atoms with Crippen molar-refractivity contribution in [1.82, 2.24) is 9.55 Å². The minimum atomic E-state index is -0.0926. The molecule has 0 atom stereocenters. The molecule has 0 fully saturated rings. The van der Waals surface area contributed by atoms with Crippen LogP contribution in [0.5, 0.6) is 0 Å². The minimum absolute atomic E-state index is 0.0926. The first-order valence-corrected chi connectivity index (χ1v) is 14.6. The van der Waals surface area contributed by atoms with Gasteiger partial charge in [0.2, 0.25) is 0 Å². The van der Waals surface area contributed by atoms with Gasteiger partial charge in [-0.05, 0) is 63.2 Å². The predicted octanol–water partition coefficient (Wildman–Crippen LogP) is 10.5. The standard InChI is InChI=1S/C40H28N2/c1-40(2)33-14-6-5-13-31(33)37-36-27(11-9-15-34(36)40)24-32-30-22-19-25-10-3-4-12-29(25)38(30)42(39(32)37)28-20-17-26(18-21-28)35-16-7-8-23-41-35/h3-24H,1-2H3. The topological polar surface area (TPSA) is 17.8 Å². The van der Waals surface area contributed by atoms with Crippen LogP contribution in [0.4, 0.5) is 0 Å². The van der Waals surface area contributed by atoms with E-state index in [-0.39, 0.29) is 5.41 Å². The van der Waals surface area contributed by atoms with Gasteiger partial charge in [-0.15, -0.1) is 0 Å². The van der Waals surface area contributed by atoms with E-state index in [2.05, 4.69) is 139 Å². The van der Waals surface area contributed by atoms with E-state index in [1.54, 1.807) is 0 Å². The van der Waals surface area contributed by atoms with Crippen LogP contribution in [0.1, 0.15) is 25.0 Å². The fourth-order valence-corrected chi connectivity index (χ4v) is 7.46. The molecule has 2 aromatic heterocycles. The van der Waals surface area contributed by atoms with Crippen molar-refractivity contribution in [2.24, 2.45) is 0 Å². The SMILES string of the molecule is CC1(C)c2ccccc2-c2c3c1cccc3cc1c3ccc4ccccc4c3n(-c3ccc(-c4ccccn4)cc3)c21. The van der Waals surface area contributed by atoms with Crippen molar-refractivity contribution in [2.45, 2.75) is 19.3 Å². The summed E-state index contributed by atoms with van der Waals surface area (Å²) < 4.78 is 2.52. The Hall–Kier alpha value is -5.21. The molecule has 0 aliphatic heterocycles. The maximum absolute atomic E-state index is 4.59. The van der Waals surface area contributed by atoms with Crippen LogP contribution >= 0.6 is 0 Å². The van der Waals surface area contributed by atoms with Gasteiger partial charge in [-0.25, -0.2) is 0 Å². The molecule has 42 heavy (non-hydrogen) atoms. The average Bonchev–Trinajstić information content (AvgIpc) is 3.38. The molecular formula is C40H28N2. The molecule has 0 N–H and O–H groups in total. The van der Waals surface area contributed by atoms with Crippen molar-refractivity contribution < 1.29 is 0 Å². The Kier molecular flexibility index (Phi) is 4.70. The molecule has 0 unspecified atom stereocenters. The molecule has 0 bridgehead atoms. The zero-order valence-corrected chi connectivity index (χ0v) is 23.6. The van der Waals surface area contributed by atoms with Crippen molar-refractivity contribution in [2.75, 3.05) is 0 Å². The highest BCUT2D eigenvalue weighted by atomic mass is 15.0. The number of benzene rings is 6. The molecule has 8 aromatic rings. The molecule has 2 heteroatoms. The Morgan fingerprint density at radius 1 is 0.571 bits per heavy atom. The summed E-state index contributed by atoms with van der Waals surface area (Å²) in [6, 6.07) is 46.7. The van der Waals surface area contributed by atoms with E-state index in [1.165, 1.54) is 65.6 Å². The first kappa shape index (κ1) is 23.5. The largest absolute Gasteiger partial charge is 0.308 e. The number of hydrogen-bond donors (Lipinski definition) is 0. The quantitative estimate of drug-likeness (QED) is 0.215. The number of aromatic nitrogens is 2. The van der Waals surface area contributed by atoms with Crippen molar-refractivity contribution in [3.05, 3.63) is 145 Å². The van der Waals surface area contributed by atoms with Gasteiger partial charge in [-0.2, -0.15) is 0 Å². The van der Waals surface area contributed by atoms with E-state index in [9.17, 15) is 0 Å². The third-order valence-electron chi connectivity index (χ3n) is 9.41. The number of nitrogens with zero attached hydrogens (tertiary/aromatic N) is 2. The van der Waals surface area contributed by atoms with Crippen LogP contribution in [-0.4, -0.2) is 9.55 Å². The predicted molar refractivity (Wildman–Crippen MR) is 177 cm³/mol. The normalized spacial score (nSPS) is 13.7. The van der Waals surface area contributed by atoms with E-state index in [4.69, 9.17) is 0 Å². The van der Waals surface area contributed by atoms with Crippen LogP contribution in [0.3, 0.4) is 0 Å². The van der Waals surface area contributed by atoms with E-state index >= 15 is 0 Å². The number of fused-ring (bicyclic) bond motifs is 8. The summed E-state index contributed by atoms with van der Waals surface area (Å²) in [5.74, 6) is 0. The summed E-state index contributed by atoms with van der Waals surface area (Å²) >= 11 is 0. The summed E-state index contributed by atoms with van der Waals surface area (Å²) in [5, 5.41) is 7.75. The van der Waals surface area contributed by atoms with Crippen LogP contribution in [0.15, 0.2) is 134 Å². The molecule has 2 heterocycles. The van der Waals surface area contributed by atoms with Gasteiger partial charge in [-0.3, -0.25) is 4.98 Å². The summed E-state index contributed by atoms with van der Waals surface area (Å²) in [6.07, 6.45) is 1.86. The summed E-state index contributed by atoms with van der Waals surface area (Å²) in [7, 11) is 0. The van der Waals surface area contributed by atoms with Gasteiger partial charge < -0.3 is 4.57 Å². The van der Waals surface area contributed by atoms with Gasteiger partial charge in [0, 0.05) is 44.6 Å². The van der Waals surface area contributed by atoms with Crippen molar-refractivity contribution in [3.63, 3.8) is 0 Å². The second-order valence-electron chi connectivity index (χ2n) is 12.0. The zero-order chi connectivity index (χ0) is 28.0. The van der Waals surface area contributed by atoms with Crippen LogP contribution < -0.4 is 0 Å². The van der Waals surface area contributed by atoms with Crippen LogP contribution in [0, 0.1) is 0 Å². The molecule has 6 aromatic carbocycles. The van der Waals surface area contributed by atoms with Gasteiger partial charge in [-0.1, -0.05) is 111 Å². The van der Waals surface area contributed by atoms with Crippen LogP contribution in [-0.2, 0) is 5.41 Å². The van der Waals surface area contributed by atoms with Crippen LogP contribution in [0.25, 0.3) is 71.4 Å². The van der Waals surface area contributed by atoms with Gasteiger partial charge in [0.25, 0.3) is 0 Å². The Labute approximate surface area is 244 Å². The second kappa shape index (κ2) is 8.41. The zero-order valence-electron chi connectivity index (χ0n) is 23.6. The van der Waals surface area contributed by atoms with E-state index in [0.717, 1.165) is 16.9 Å². The Morgan fingerprint density at radius 3 is 2.19 bits per heavy atom. The van der Waals surface area contributed by atoms with Crippen molar-refractivity contribution >= 4 is 43.4 Å². The first-order valence-electron chi connectivity index (χ1n) is 14.6. The molecule has 0 saturated carbocycles. The molecule has 0 amide bonds. The van der Waals surface area contributed by atoms with Crippen molar-refractivity contribution in [1.29, 1.82) is 0 Å². The number of pyridine rings is 1. The van der Waals surface area contributed by atoms with E-state index in [0.29, 0.717) is 0 Å². The second-order valence-corrected chi connectivity index (χ2v) is 12.0. The molecular weight excluding hydrogens is 508 g/mol. The number of rotatable bonds is 2.